The van der Waals surface area contributed by atoms with Crippen LogP contribution in [0.25, 0.3) is 0 Å². The summed E-state index contributed by atoms with van der Waals surface area (Å²) in [5, 5.41) is 3.23. The van der Waals surface area contributed by atoms with Gasteiger partial charge in [-0.3, -0.25) is 0 Å². The van der Waals surface area contributed by atoms with E-state index in [2.05, 4.69) is 33.0 Å². The van der Waals surface area contributed by atoms with Crippen molar-refractivity contribution in [3.8, 4) is 0 Å². The normalized spacial score (nSPS) is 18.8. The summed E-state index contributed by atoms with van der Waals surface area (Å²) in [6, 6.07) is 0. The Hall–Kier alpha value is -0.0400. The molecule has 0 aliphatic carbocycles. The molecule has 1 unspecified atom stereocenters. The van der Waals surface area contributed by atoms with Crippen molar-refractivity contribution in [2.75, 3.05) is 13.6 Å². The van der Waals surface area contributed by atoms with Gasteiger partial charge < -0.3 is 5.32 Å². The summed E-state index contributed by atoms with van der Waals surface area (Å²) in [4.78, 5) is 0. The maximum Gasteiger partial charge on any atom is -0.00261 e. The summed E-state index contributed by atoms with van der Waals surface area (Å²) in [6.07, 6.45) is 2.67. The molecule has 0 fully saturated rings. The molecule has 0 radical (unpaired) electrons. The van der Waals surface area contributed by atoms with Crippen LogP contribution in [0.15, 0.2) is 0 Å². The minimum atomic E-state index is 0.819. The summed E-state index contributed by atoms with van der Waals surface area (Å²) in [5.74, 6) is 2.57. The van der Waals surface area contributed by atoms with E-state index in [4.69, 9.17) is 0 Å². The van der Waals surface area contributed by atoms with Gasteiger partial charge in [0.2, 0.25) is 0 Å². The first-order valence-electron chi connectivity index (χ1n) is 5.26. The Morgan fingerprint density at radius 2 is 1.67 bits per heavy atom. The van der Waals surface area contributed by atoms with Gasteiger partial charge in [0.05, 0.1) is 0 Å². The lowest BCUT2D eigenvalue weighted by Gasteiger charge is -2.21. The van der Waals surface area contributed by atoms with Gasteiger partial charge in [0.1, 0.15) is 0 Å². The molecule has 1 N–H and O–H groups in total. The monoisotopic (exact) mass is 171 g/mol. The van der Waals surface area contributed by atoms with Crippen LogP contribution in [0, 0.1) is 17.8 Å². The molecule has 1 nitrogen and oxygen atoms in total. The molecule has 74 valence electrons. The number of hydrogen-bond acceptors (Lipinski definition) is 1. The number of hydrogen-bond donors (Lipinski definition) is 1. The molecule has 0 aliphatic rings. The van der Waals surface area contributed by atoms with E-state index >= 15 is 0 Å². The Bertz CT molecular complexity index is 101. The Labute approximate surface area is 77.9 Å². The van der Waals surface area contributed by atoms with Crippen LogP contribution in [0.3, 0.4) is 0 Å². The molecule has 0 heterocycles. The molecule has 0 aromatic heterocycles. The fourth-order valence-electron chi connectivity index (χ4n) is 1.70. The number of nitrogens with one attached hydrogen (secondary N) is 1. The summed E-state index contributed by atoms with van der Waals surface area (Å²) >= 11 is 0. The predicted octanol–water partition coefficient (Wildman–Crippen LogP) is 2.91. The second-order valence-corrected chi connectivity index (χ2v) is 4.26. The van der Waals surface area contributed by atoms with Crippen molar-refractivity contribution >= 4 is 0 Å². The quantitative estimate of drug-likeness (QED) is 0.648. The average molecular weight is 171 g/mol. The third kappa shape index (κ3) is 4.76. The second-order valence-electron chi connectivity index (χ2n) is 4.26. The van der Waals surface area contributed by atoms with Crippen molar-refractivity contribution in [1.82, 2.24) is 5.32 Å². The van der Waals surface area contributed by atoms with Crippen molar-refractivity contribution in [1.29, 1.82) is 0 Å². The lowest BCUT2D eigenvalue weighted by Crippen LogP contribution is -2.20. The standard InChI is InChI=1S/C11H25N/c1-6-10(3)11(4)7-9(2)8-12-5/h9-12H,6-8H2,1-5H3/t9?,10-,11-/m0/s1. The van der Waals surface area contributed by atoms with E-state index in [0.29, 0.717) is 0 Å². The van der Waals surface area contributed by atoms with E-state index < -0.39 is 0 Å². The van der Waals surface area contributed by atoms with Gasteiger partial charge in [-0.15, -0.1) is 0 Å². The van der Waals surface area contributed by atoms with Gasteiger partial charge in [0.25, 0.3) is 0 Å². The Balaban J connectivity index is 3.59. The maximum atomic E-state index is 3.23. The van der Waals surface area contributed by atoms with Crippen molar-refractivity contribution in [2.45, 2.75) is 40.5 Å². The number of rotatable bonds is 6. The topological polar surface area (TPSA) is 12.0 Å². The molecule has 0 aromatic rings. The Morgan fingerprint density at radius 1 is 1.08 bits per heavy atom. The second kappa shape index (κ2) is 6.47. The van der Waals surface area contributed by atoms with Crippen LogP contribution < -0.4 is 5.32 Å². The zero-order valence-electron chi connectivity index (χ0n) is 9.35. The maximum absolute atomic E-state index is 3.23. The van der Waals surface area contributed by atoms with Gasteiger partial charge in [0, 0.05) is 0 Å². The highest BCUT2D eigenvalue weighted by molar-refractivity contribution is 4.65. The van der Waals surface area contributed by atoms with Crippen molar-refractivity contribution < 1.29 is 0 Å². The average Bonchev–Trinajstić information content (AvgIpc) is 2.03. The minimum Gasteiger partial charge on any atom is -0.319 e. The first kappa shape index (κ1) is 12.0. The summed E-state index contributed by atoms with van der Waals surface area (Å²) < 4.78 is 0. The highest BCUT2D eigenvalue weighted by Gasteiger charge is 2.13. The summed E-state index contributed by atoms with van der Waals surface area (Å²) in [7, 11) is 2.03. The van der Waals surface area contributed by atoms with Gasteiger partial charge in [-0.2, -0.15) is 0 Å². The van der Waals surface area contributed by atoms with E-state index in [0.717, 1.165) is 24.3 Å². The van der Waals surface area contributed by atoms with Crippen LogP contribution in [0.5, 0.6) is 0 Å². The van der Waals surface area contributed by atoms with Gasteiger partial charge in [-0.25, -0.2) is 0 Å². The van der Waals surface area contributed by atoms with Crippen LogP contribution in [0.1, 0.15) is 40.5 Å². The largest absolute Gasteiger partial charge is 0.319 e. The van der Waals surface area contributed by atoms with Gasteiger partial charge in [0.15, 0.2) is 0 Å². The van der Waals surface area contributed by atoms with Crippen molar-refractivity contribution in [3.05, 3.63) is 0 Å². The predicted molar refractivity (Wildman–Crippen MR) is 56.3 cm³/mol. The summed E-state index contributed by atoms with van der Waals surface area (Å²) in [6.45, 7) is 10.5. The molecule has 0 saturated heterocycles. The van der Waals surface area contributed by atoms with E-state index in [1.165, 1.54) is 12.8 Å². The molecule has 1 heteroatoms. The molecule has 0 bridgehead atoms. The molecule has 0 aliphatic heterocycles. The van der Waals surface area contributed by atoms with Crippen molar-refractivity contribution in [3.63, 3.8) is 0 Å². The lowest BCUT2D eigenvalue weighted by atomic mass is 9.86. The van der Waals surface area contributed by atoms with Gasteiger partial charge >= 0.3 is 0 Å². The van der Waals surface area contributed by atoms with E-state index in [1.807, 2.05) is 7.05 Å². The van der Waals surface area contributed by atoms with E-state index in [9.17, 15) is 0 Å². The van der Waals surface area contributed by atoms with Gasteiger partial charge in [-0.05, 0) is 37.8 Å². The molecule has 0 rings (SSSR count). The van der Waals surface area contributed by atoms with E-state index in [1.54, 1.807) is 0 Å². The highest BCUT2D eigenvalue weighted by Crippen LogP contribution is 2.21. The molecular weight excluding hydrogens is 146 g/mol. The SMILES string of the molecule is CC[C@H](C)[C@@H](C)CC(C)CNC. The molecular formula is C11H25N. The Morgan fingerprint density at radius 3 is 2.08 bits per heavy atom. The van der Waals surface area contributed by atoms with Crippen LogP contribution in [-0.4, -0.2) is 13.6 Å². The first-order chi connectivity index (χ1) is 5.61. The molecule has 3 atom stereocenters. The fourth-order valence-corrected chi connectivity index (χ4v) is 1.70. The fraction of sp³-hybridized carbons (Fsp3) is 1.00. The highest BCUT2D eigenvalue weighted by atomic mass is 14.8. The molecule has 12 heavy (non-hydrogen) atoms. The molecule has 0 aromatic carbocycles. The first-order valence-corrected chi connectivity index (χ1v) is 5.26. The molecule has 0 amide bonds. The van der Waals surface area contributed by atoms with E-state index in [-0.39, 0.29) is 0 Å². The molecule has 0 saturated carbocycles. The summed E-state index contributed by atoms with van der Waals surface area (Å²) in [5.41, 5.74) is 0. The van der Waals surface area contributed by atoms with Crippen LogP contribution in [-0.2, 0) is 0 Å². The van der Waals surface area contributed by atoms with Crippen LogP contribution in [0.2, 0.25) is 0 Å². The lowest BCUT2D eigenvalue weighted by molar-refractivity contribution is 0.304. The smallest absolute Gasteiger partial charge is 0.00261 e. The Kier molecular flexibility index (Phi) is 6.45. The van der Waals surface area contributed by atoms with Gasteiger partial charge in [-0.1, -0.05) is 34.1 Å². The minimum absolute atomic E-state index is 0.819. The molecule has 0 spiro atoms. The third-order valence-corrected chi connectivity index (χ3v) is 2.94. The zero-order valence-corrected chi connectivity index (χ0v) is 9.35. The zero-order chi connectivity index (χ0) is 9.56. The van der Waals surface area contributed by atoms with Crippen LogP contribution in [0.4, 0.5) is 0 Å². The van der Waals surface area contributed by atoms with Crippen molar-refractivity contribution in [2.24, 2.45) is 17.8 Å². The third-order valence-electron chi connectivity index (χ3n) is 2.94. The van der Waals surface area contributed by atoms with Crippen LogP contribution >= 0.6 is 0 Å².